The minimum absolute atomic E-state index is 0.0139. The summed E-state index contributed by atoms with van der Waals surface area (Å²) in [5.41, 5.74) is 0. The van der Waals surface area contributed by atoms with Crippen LogP contribution in [0.1, 0.15) is 6.42 Å². The van der Waals surface area contributed by atoms with Gasteiger partial charge in [-0.15, -0.1) is 0 Å². The first-order valence-electron chi connectivity index (χ1n) is 3.24. The van der Waals surface area contributed by atoms with Gasteiger partial charge in [-0.1, -0.05) is 0 Å². The van der Waals surface area contributed by atoms with Gasteiger partial charge in [-0.25, -0.2) is 0 Å². The molecule has 3 atom stereocenters. The fourth-order valence-corrected chi connectivity index (χ4v) is 1.07. The Kier molecular flexibility index (Phi) is 2.71. The molecule has 0 amide bonds. The third-order valence-corrected chi connectivity index (χ3v) is 1.61. The molecule has 0 aromatic heterocycles. The lowest BCUT2D eigenvalue weighted by Crippen LogP contribution is -2.24. The molecule has 0 spiro atoms. The first-order valence-corrected chi connectivity index (χ1v) is 3.24. The smallest absolute Gasteiger partial charge is 0.182 e. The van der Waals surface area contributed by atoms with Gasteiger partial charge in [0.2, 0.25) is 0 Å². The fraction of sp³-hybridized carbons (Fsp3) is 1.00. The molecule has 0 aromatic rings. The van der Waals surface area contributed by atoms with Crippen molar-refractivity contribution in [3.05, 3.63) is 0 Å². The van der Waals surface area contributed by atoms with Gasteiger partial charge in [0, 0.05) is 20.2 Å². The van der Waals surface area contributed by atoms with E-state index < -0.39 is 0 Å². The third kappa shape index (κ3) is 1.51. The fourth-order valence-electron chi connectivity index (χ4n) is 1.07. The molecule has 3 nitrogen and oxygen atoms in total. The van der Waals surface area contributed by atoms with Crippen molar-refractivity contribution in [1.29, 1.82) is 0 Å². The quantitative estimate of drug-likeness (QED) is 0.503. The summed E-state index contributed by atoms with van der Waals surface area (Å²) in [6.07, 6.45) is 0.398. The van der Waals surface area contributed by atoms with Crippen LogP contribution in [0, 0.1) is 0 Å². The van der Waals surface area contributed by atoms with Crippen LogP contribution in [0.4, 0.5) is 0 Å². The highest BCUT2D eigenvalue weighted by Gasteiger charge is 2.32. The van der Waals surface area contributed by atoms with Gasteiger partial charge in [-0.3, -0.25) is 0 Å². The zero-order valence-corrected chi connectivity index (χ0v) is 6.24. The topological polar surface area (TPSA) is 27.7 Å². The van der Waals surface area contributed by atoms with Crippen LogP contribution in [0.2, 0.25) is 0 Å². The molecular formula is C6H11BO3. The molecule has 2 radical (unpaired) electrons. The highest BCUT2D eigenvalue weighted by atomic mass is 16.7. The molecule has 4 heteroatoms. The molecule has 1 rings (SSSR count). The highest BCUT2D eigenvalue weighted by Crippen LogP contribution is 2.20. The van der Waals surface area contributed by atoms with E-state index in [0.717, 1.165) is 0 Å². The van der Waals surface area contributed by atoms with Gasteiger partial charge in [0.1, 0.15) is 14.0 Å². The van der Waals surface area contributed by atoms with E-state index in [-0.39, 0.29) is 18.4 Å². The monoisotopic (exact) mass is 142 g/mol. The Balaban J connectivity index is 2.41. The van der Waals surface area contributed by atoms with Crippen molar-refractivity contribution in [3.63, 3.8) is 0 Å². The van der Waals surface area contributed by atoms with Gasteiger partial charge in [0.25, 0.3) is 0 Å². The molecule has 0 bridgehead atoms. The van der Waals surface area contributed by atoms with Crippen LogP contribution in [0.3, 0.4) is 0 Å². The molecule has 1 aliphatic heterocycles. The zero-order chi connectivity index (χ0) is 7.56. The minimum atomic E-state index is -0.292. The molecule has 1 fully saturated rings. The average Bonchev–Trinajstić information content (AvgIpc) is 2.30. The molecule has 56 valence electrons. The standard InChI is InChI=1S/C6H11BO3/c1-8-4-3-5(7)10-6(4)9-2/h4-6H,3H2,1-2H3/t4?,5-,6+/m1/s1. The SMILES string of the molecule is [B][C@H]1CC(OC)[C@@H](OC)O1. The number of rotatable bonds is 2. The summed E-state index contributed by atoms with van der Waals surface area (Å²) in [4.78, 5) is 0. The first kappa shape index (κ1) is 8.05. The second-order valence-corrected chi connectivity index (χ2v) is 2.29. The van der Waals surface area contributed by atoms with E-state index in [1.54, 1.807) is 14.2 Å². The van der Waals surface area contributed by atoms with Crippen LogP contribution in [0.5, 0.6) is 0 Å². The van der Waals surface area contributed by atoms with Gasteiger partial charge in [0.05, 0.1) is 0 Å². The Hall–Kier alpha value is -0.0551. The van der Waals surface area contributed by atoms with Gasteiger partial charge < -0.3 is 14.2 Å². The number of methoxy groups -OCH3 is 2. The van der Waals surface area contributed by atoms with E-state index in [2.05, 4.69) is 0 Å². The number of hydrogen-bond acceptors (Lipinski definition) is 3. The molecule has 0 aliphatic carbocycles. The summed E-state index contributed by atoms with van der Waals surface area (Å²) in [6, 6.07) is -0.241. The number of ether oxygens (including phenoxy) is 3. The maximum atomic E-state index is 5.48. The van der Waals surface area contributed by atoms with Crippen molar-refractivity contribution >= 4 is 7.85 Å². The summed E-state index contributed by atoms with van der Waals surface area (Å²) < 4.78 is 15.2. The molecule has 10 heavy (non-hydrogen) atoms. The predicted molar refractivity (Wildman–Crippen MR) is 36.8 cm³/mol. The molecule has 1 aliphatic rings. The van der Waals surface area contributed by atoms with Crippen LogP contribution in [0.15, 0.2) is 0 Å². The van der Waals surface area contributed by atoms with Gasteiger partial charge in [0.15, 0.2) is 6.29 Å². The van der Waals surface area contributed by atoms with Crippen LogP contribution < -0.4 is 0 Å². The normalized spacial score (nSPS) is 40.4. The average molecular weight is 142 g/mol. The Morgan fingerprint density at radius 2 is 2.10 bits per heavy atom. The van der Waals surface area contributed by atoms with E-state index in [0.29, 0.717) is 6.42 Å². The van der Waals surface area contributed by atoms with E-state index >= 15 is 0 Å². The summed E-state index contributed by atoms with van der Waals surface area (Å²) >= 11 is 0. The zero-order valence-electron chi connectivity index (χ0n) is 6.24. The Morgan fingerprint density at radius 1 is 1.40 bits per heavy atom. The number of hydrogen-bond donors (Lipinski definition) is 0. The van der Waals surface area contributed by atoms with E-state index in [4.69, 9.17) is 22.1 Å². The van der Waals surface area contributed by atoms with Crippen molar-refractivity contribution in [1.82, 2.24) is 0 Å². The second-order valence-electron chi connectivity index (χ2n) is 2.29. The van der Waals surface area contributed by atoms with Crippen LogP contribution in [-0.2, 0) is 14.2 Å². The second kappa shape index (κ2) is 3.37. The Bertz CT molecular complexity index is 97.2. The van der Waals surface area contributed by atoms with E-state index in [1.807, 2.05) is 0 Å². The lowest BCUT2D eigenvalue weighted by Gasteiger charge is -2.14. The summed E-state index contributed by atoms with van der Waals surface area (Å²) in [5.74, 6) is 0. The maximum absolute atomic E-state index is 5.48. The van der Waals surface area contributed by atoms with Crippen LogP contribution in [0.25, 0.3) is 0 Å². The van der Waals surface area contributed by atoms with Crippen LogP contribution in [-0.4, -0.2) is 40.5 Å². The first-order chi connectivity index (χ1) is 4.77. The molecule has 0 saturated carbocycles. The summed E-state index contributed by atoms with van der Waals surface area (Å²) in [6.45, 7) is 0. The molecule has 1 heterocycles. The molecular weight excluding hydrogens is 131 g/mol. The van der Waals surface area contributed by atoms with Crippen LogP contribution >= 0.6 is 0 Å². The molecule has 0 N–H and O–H groups in total. The third-order valence-electron chi connectivity index (χ3n) is 1.61. The Labute approximate surface area is 62.1 Å². The summed E-state index contributed by atoms with van der Waals surface area (Å²) in [5, 5.41) is 0. The van der Waals surface area contributed by atoms with E-state index in [9.17, 15) is 0 Å². The van der Waals surface area contributed by atoms with Crippen molar-refractivity contribution in [2.45, 2.75) is 24.8 Å². The van der Waals surface area contributed by atoms with Gasteiger partial charge in [-0.2, -0.15) is 0 Å². The summed E-state index contributed by atoms with van der Waals surface area (Å²) in [7, 11) is 8.69. The maximum Gasteiger partial charge on any atom is 0.182 e. The largest absolute Gasteiger partial charge is 0.376 e. The predicted octanol–water partition coefficient (Wildman–Crippen LogP) is -0.111. The lowest BCUT2D eigenvalue weighted by molar-refractivity contribution is -0.145. The van der Waals surface area contributed by atoms with Crippen molar-refractivity contribution < 1.29 is 14.2 Å². The minimum Gasteiger partial charge on any atom is -0.376 e. The van der Waals surface area contributed by atoms with E-state index in [1.165, 1.54) is 0 Å². The Morgan fingerprint density at radius 3 is 2.50 bits per heavy atom. The van der Waals surface area contributed by atoms with Gasteiger partial charge in [-0.05, 0) is 6.42 Å². The molecule has 1 unspecified atom stereocenters. The molecule has 1 saturated heterocycles. The highest BCUT2D eigenvalue weighted by molar-refractivity contribution is 6.11. The van der Waals surface area contributed by atoms with Crippen molar-refractivity contribution in [3.8, 4) is 0 Å². The van der Waals surface area contributed by atoms with Gasteiger partial charge >= 0.3 is 0 Å². The van der Waals surface area contributed by atoms with Crippen molar-refractivity contribution in [2.75, 3.05) is 14.2 Å². The lowest BCUT2D eigenvalue weighted by atomic mass is 9.97. The molecule has 0 aromatic carbocycles. The van der Waals surface area contributed by atoms with Crippen molar-refractivity contribution in [2.24, 2.45) is 0 Å².